The van der Waals surface area contributed by atoms with Gasteiger partial charge in [-0.15, -0.1) is 0 Å². The first kappa shape index (κ1) is 32.6. The van der Waals surface area contributed by atoms with Crippen LogP contribution >= 0.6 is 11.6 Å². The molecule has 0 aromatic heterocycles. The molecular weight excluding hydrogens is 598 g/mol. The van der Waals surface area contributed by atoms with Gasteiger partial charge in [0.25, 0.3) is 10.0 Å². The number of likely N-dealkylation sites (N-methyl/N-ethyl adjacent to an activating group) is 1. The molecule has 8 nitrogen and oxygen atoms in total. The van der Waals surface area contributed by atoms with E-state index in [9.17, 15) is 18.0 Å². The molecule has 1 atom stereocenters. The lowest BCUT2D eigenvalue weighted by Crippen LogP contribution is -2.53. The van der Waals surface area contributed by atoms with Gasteiger partial charge in [0.2, 0.25) is 11.8 Å². The topological polar surface area (TPSA) is 96.0 Å². The SMILES string of the molecule is CCNC(=O)[C@H](Cc1ccccc1)N(Cc1cccc(OC)c1)C(=O)CN(c1ccc(Cl)cc1C)S(=O)(=O)c1ccccc1. The minimum absolute atomic E-state index is 0.0334. The van der Waals surface area contributed by atoms with E-state index in [4.69, 9.17) is 16.3 Å². The number of sulfonamides is 1. The number of methoxy groups -OCH3 is 1. The van der Waals surface area contributed by atoms with E-state index in [0.717, 1.165) is 15.4 Å². The van der Waals surface area contributed by atoms with Crippen LogP contribution in [0.25, 0.3) is 0 Å². The lowest BCUT2D eigenvalue weighted by Gasteiger charge is -2.34. The first-order valence-electron chi connectivity index (χ1n) is 14.2. The largest absolute Gasteiger partial charge is 0.497 e. The van der Waals surface area contributed by atoms with Gasteiger partial charge >= 0.3 is 0 Å². The second kappa shape index (κ2) is 14.9. The van der Waals surface area contributed by atoms with Crippen molar-refractivity contribution in [2.24, 2.45) is 0 Å². The molecule has 0 aliphatic carbocycles. The van der Waals surface area contributed by atoms with Gasteiger partial charge in [0, 0.05) is 24.5 Å². The first-order chi connectivity index (χ1) is 21.1. The summed E-state index contributed by atoms with van der Waals surface area (Å²) in [6.45, 7) is 3.41. The van der Waals surface area contributed by atoms with Crippen molar-refractivity contribution < 1.29 is 22.7 Å². The Balaban J connectivity index is 1.82. The van der Waals surface area contributed by atoms with Crippen LogP contribution < -0.4 is 14.4 Å². The van der Waals surface area contributed by atoms with E-state index in [1.807, 2.05) is 43.3 Å². The van der Waals surface area contributed by atoms with Crippen LogP contribution in [0.1, 0.15) is 23.6 Å². The van der Waals surface area contributed by atoms with Crippen molar-refractivity contribution in [3.63, 3.8) is 0 Å². The van der Waals surface area contributed by atoms with Gasteiger partial charge < -0.3 is 15.0 Å². The van der Waals surface area contributed by atoms with Gasteiger partial charge in [0.15, 0.2) is 0 Å². The number of nitrogens with zero attached hydrogens (tertiary/aromatic N) is 2. The molecule has 0 radical (unpaired) electrons. The highest BCUT2D eigenvalue weighted by Crippen LogP contribution is 2.30. The second-order valence-corrected chi connectivity index (χ2v) is 12.5. The third-order valence-corrected chi connectivity index (χ3v) is 9.16. The van der Waals surface area contributed by atoms with Crippen LogP contribution in [-0.2, 0) is 32.6 Å². The molecule has 4 aromatic rings. The van der Waals surface area contributed by atoms with Crippen LogP contribution in [0.5, 0.6) is 5.75 Å². The van der Waals surface area contributed by atoms with E-state index in [2.05, 4.69) is 5.32 Å². The van der Waals surface area contributed by atoms with E-state index in [-0.39, 0.29) is 23.8 Å². The Kier molecular flexibility index (Phi) is 11.0. The highest BCUT2D eigenvalue weighted by Gasteiger charge is 2.35. The van der Waals surface area contributed by atoms with Gasteiger partial charge in [-0.1, -0.05) is 72.3 Å². The Hall–Kier alpha value is -4.34. The molecule has 0 aliphatic heterocycles. The van der Waals surface area contributed by atoms with Crippen molar-refractivity contribution >= 4 is 39.1 Å². The molecule has 0 fully saturated rings. The van der Waals surface area contributed by atoms with Crippen molar-refractivity contribution in [1.82, 2.24) is 10.2 Å². The molecule has 0 aliphatic rings. The van der Waals surface area contributed by atoms with Crippen molar-refractivity contribution in [3.8, 4) is 5.75 Å². The molecule has 0 saturated heterocycles. The molecule has 4 aromatic carbocycles. The molecule has 2 amide bonds. The minimum atomic E-state index is -4.19. The number of aryl methyl sites for hydroxylation is 1. The van der Waals surface area contributed by atoms with Crippen LogP contribution in [0, 0.1) is 6.92 Å². The molecule has 0 unspecified atom stereocenters. The van der Waals surface area contributed by atoms with E-state index >= 15 is 0 Å². The maximum absolute atomic E-state index is 14.5. The monoisotopic (exact) mass is 633 g/mol. The highest BCUT2D eigenvalue weighted by molar-refractivity contribution is 7.92. The zero-order valence-corrected chi connectivity index (χ0v) is 26.5. The number of rotatable bonds is 13. The smallest absolute Gasteiger partial charge is 0.264 e. The number of nitrogens with one attached hydrogen (secondary N) is 1. The average Bonchev–Trinajstić information content (AvgIpc) is 3.03. The Labute approximate surface area is 264 Å². The maximum Gasteiger partial charge on any atom is 0.264 e. The molecule has 230 valence electrons. The number of benzene rings is 4. The Morgan fingerprint density at radius 3 is 2.18 bits per heavy atom. The summed E-state index contributed by atoms with van der Waals surface area (Å²) in [5, 5.41) is 3.30. The third kappa shape index (κ3) is 7.98. The molecule has 10 heteroatoms. The van der Waals surface area contributed by atoms with E-state index in [1.54, 1.807) is 68.6 Å². The average molecular weight is 634 g/mol. The highest BCUT2D eigenvalue weighted by atomic mass is 35.5. The quantitative estimate of drug-likeness (QED) is 0.206. The number of ether oxygens (including phenoxy) is 1. The number of hydrogen-bond donors (Lipinski definition) is 1. The summed E-state index contributed by atoms with van der Waals surface area (Å²) in [4.78, 5) is 29.5. The zero-order valence-electron chi connectivity index (χ0n) is 24.9. The van der Waals surface area contributed by atoms with Gasteiger partial charge in [-0.2, -0.15) is 0 Å². The number of anilines is 1. The van der Waals surface area contributed by atoms with Crippen LogP contribution in [-0.4, -0.2) is 51.4 Å². The lowest BCUT2D eigenvalue weighted by atomic mass is 10.0. The van der Waals surface area contributed by atoms with Gasteiger partial charge in [0.1, 0.15) is 18.3 Å². The fourth-order valence-corrected chi connectivity index (χ4v) is 6.67. The Morgan fingerprint density at radius 2 is 1.55 bits per heavy atom. The fourth-order valence-electron chi connectivity index (χ4n) is 4.95. The summed E-state index contributed by atoms with van der Waals surface area (Å²) in [5.41, 5.74) is 2.47. The molecule has 1 N–H and O–H groups in total. The molecule has 44 heavy (non-hydrogen) atoms. The van der Waals surface area contributed by atoms with Crippen LogP contribution in [0.15, 0.2) is 108 Å². The third-order valence-electron chi connectivity index (χ3n) is 7.15. The van der Waals surface area contributed by atoms with Crippen LogP contribution in [0.3, 0.4) is 0 Å². The first-order valence-corrected chi connectivity index (χ1v) is 16.0. The summed E-state index contributed by atoms with van der Waals surface area (Å²) >= 11 is 6.21. The zero-order chi connectivity index (χ0) is 31.7. The lowest BCUT2D eigenvalue weighted by molar-refractivity contribution is -0.140. The molecular formula is C34H36ClN3O5S. The van der Waals surface area contributed by atoms with Gasteiger partial charge in [-0.25, -0.2) is 8.42 Å². The van der Waals surface area contributed by atoms with E-state index in [0.29, 0.717) is 28.6 Å². The molecule has 0 saturated carbocycles. The molecule has 0 spiro atoms. The summed E-state index contributed by atoms with van der Waals surface area (Å²) in [6.07, 6.45) is 0.230. The number of hydrogen-bond acceptors (Lipinski definition) is 5. The number of carbonyl (C=O) groups excluding carboxylic acids is 2. The summed E-state index contributed by atoms with van der Waals surface area (Å²) in [5.74, 6) is -0.292. The molecule has 0 heterocycles. The van der Waals surface area contributed by atoms with Gasteiger partial charge in [-0.3, -0.25) is 13.9 Å². The minimum Gasteiger partial charge on any atom is -0.497 e. The summed E-state index contributed by atoms with van der Waals surface area (Å²) in [6, 6.07) is 28.5. The molecule has 0 bridgehead atoms. The van der Waals surface area contributed by atoms with E-state index < -0.39 is 28.5 Å². The normalized spacial score (nSPS) is 11.8. The maximum atomic E-state index is 14.5. The van der Waals surface area contributed by atoms with Gasteiger partial charge in [0.05, 0.1) is 17.7 Å². The second-order valence-electron chi connectivity index (χ2n) is 10.2. The Morgan fingerprint density at radius 1 is 0.886 bits per heavy atom. The predicted molar refractivity (Wildman–Crippen MR) is 173 cm³/mol. The fraction of sp³-hybridized carbons (Fsp3) is 0.235. The van der Waals surface area contributed by atoms with Crippen molar-refractivity contribution in [3.05, 3.63) is 125 Å². The standard InChI is InChI=1S/C34H36ClN3O5S/c1-4-36-34(40)32(22-26-12-7-5-8-13-26)37(23-27-14-11-15-29(21-27)43-3)33(39)24-38(31-19-18-28(35)20-25(31)2)44(41,42)30-16-9-6-10-17-30/h5-21,32H,4,22-24H2,1-3H3,(H,36,40)/t32-/m0/s1. The van der Waals surface area contributed by atoms with Crippen molar-refractivity contribution in [2.45, 2.75) is 37.8 Å². The van der Waals surface area contributed by atoms with Crippen LogP contribution in [0.2, 0.25) is 5.02 Å². The number of amides is 2. The van der Waals surface area contributed by atoms with Crippen molar-refractivity contribution in [1.29, 1.82) is 0 Å². The number of carbonyl (C=O) groups is 2. The Bertz CT molecular complexity index is 1680. The summed E-state index contributed by atoms with van der Waals surface area (Å²) in [7, 11) is -2.64. The number of halogens is 1. The van der Waals surface area contributed by atoms with E-state index in [1.165, 1.54) is 17.0 Å². The summed E-state index contributed by atoms with van der Waals surface area (Å²) < 4.78 is 34.7. The van der Waals surface area contributed by atoms with Gasteiger partial charge in [-0.05, 0) is 73.0 Å². The van der Waals surface area contributed by atoms with Crippen molar-refractivity contribution in [2.75, 3.05) is 24.5 Å². The predicted octanol–water partition coefficient (Wildman–Crippen LogP) is 5.63. The molecule has 4 rings (SSSR count). The van der Waals surface area contributed by atoms with Crippen LogP contribution in [0.4, 0.5) is 5.69 Å².